The van der Waals surface area contributed by atoms with E-state index in [0.29, 0.717) is 50.8 Å². The molecule has 2 aliphatic rings. The van der Waals surface area contributed by atoms with Crippen LogP contribution in [-0.4, -0.2) is 78.0 Å². The Morgan fingerprint density at radius 3 is 2.20 bits per heavy atom. The number of piperazine rings is 1. The Morgan fingerprint density at radius 2 is 1.60 bits per heavy atom. The number of benzene rings is 2. The van der Waals surface area contributed by atoms with Crippen molar-refractivity contribution in [1.82, 2.24) is 4.90 Å². The molecule has 0 spiro atoms. The molecule has 0 saturated carbocycles. The van der Waals surface area contributed by atoms with Crippen LogP contribution in [-0.2, 0) is 20.8 Å². The van der Waals surface area contributed by atoms with Crippen molar-refractivity contribution in [3.8, 4) is 0 Å². The summed E-state index contributed by atoms with van der Waals surface area (Å²) in [5.41, 5.74) is 0.402. The maximum absolute atomic E-state index is 13.5. The van der Waals surface area contributed by atoms with E-state index < -0.39 is 21.6 Å². The highest BCUT2D eigenvalue weighted by atomic mass is 35.5. The number of hydrogen-bond acceptors (Lipinski definition) is 6. The van der Waals surface area contributed by atoms with Gasteiger partial charge in [0.2, 0.25) is 0 Å². The molecule has 35 heavy (non-hydrogen) atoms. The van der Waals surface area contributed by atoms with Crippen LogP contribution in [0.1, 0.15) is 15.9 Å². The number of alkyl halides is 3. The molecule has 2 aliphatic heterocycles. The molecule has 2 fully saturated rings. The van der Waals surface area contributed by atoms with E-state index in [-0.39, 0.29) is 34.5 Å². The van der Waals surface area contributed by atoms with E-state index in [2.05, 4.69) is 0 Å². The molecule has 7 nitrogen and oxygen atoms in total. The van der Waals surface area contributed by atoms with Gasteiger partial charge in [0.1, 0.15) is 0 Å². The summed E-state index contributed by atoms with van der Waals surface area (Å²) in [5, 5.41) is -0.364. The van der Waals surface area contributed by atoms with Crippen LogP contribution < -0.4 is 9.80 Å². The Labute approximate surface area is 206 Å². The van der Waals surface area contributed by atoms with E-state index in [4.69, 9.17) is 16.3 Å². The summed E-state index contributed by atoms with van der Waals surface area (Å²) in [6.07, 6.45) is -3.48. The first-order chi connectivity index (χ1) is 16.4. The zero-order valence-corrected chi connectivity index (χ0v) is 20.6. The first-order valence-corrected chi connectivity index (χ1v) is 13.3. The second-order valence-corrected chi connectivity index (χ2v) is 10.9. The van der Waals surface area contributed by atoms with Crippen molar-refractivity contribution >= 4 is 38.7 Å². The average Bonchev–Trinajstić information content (AvgIpc) is 2.83. The van der Waals surface area contributed by atoms with Gasteiger partial charge in [-0.05, 0) is 36.4 Å². The van der Waals surface area contributed by atoms with Crippen molar-refractivity contribution in [2.45, 2.75) is 11.1 Å². The monoisotopic (exact) mass is 531 g/mol. The van der Waals surface area contributed by atoms with Crippen molar-refractivity contribution in [3.05, 3.63) is 52.5 Å². The summed E-state index contributed by atoms with van der Waals surface area (Å²) in [6, 6.07) is 8.32. The van der Waals surface area contributed by atoms with Crippen molar-refractivity contribution in [2.75, 3.05) is 68.5 Å². The molecular formula is C23H25ClF3N3O4S. The van der Waals surface area contributed by atoms with Crippen molar-refractivity contribution in [3.63, 3.8) is 0 Å². The number of nitrogens with zero attached hydrogens (tertiary/aromatic N) is 3. The van der Waals surface area contributed by atoms with Gasteiger partial charge in [0.15, 0.2) is 9.84 Å². The number of carbonyl (C=O) groups is 1. The minimum Gasteiger partial charge on any atom is -0.378 e. The third kappa shape index (κ3) is 5.68. The van der Waals surface area contributed by atoms with Crippen LogP contribution in [0.25, 0.3) is 0 Å². The summed E-state index contributed by atoms with van der Waals surface area (Å²) in [5.74, 6) is -0.316. The summed E-state index contributed by atoms with van der Waals surface area (Å²) in [6.45, 7) is 3.34. The Kier molecular flexibility index (Phi) is 7.21. The topological polar surface area (TPSA) is 70.2 Å². The molecule has 190 valence electrons. The van der Waals surface area contributed by atoms with Crippen LogP contribution in [0.3, 0.4) is 0 Å². The third-order valence-corrected chi connectivity index (χ3v) is 7.61. The van der Waals surface area contributed by atoms with Crippen molar-refractivity contribution < 1.29 is 31.1 Å². The predicted octanol–water partition coefficient (Wildman–Crippen LogP) is 3.56. The predicted molar refractivity (Wildman–Crippen MR) is 127 cm³/mol. The number of carbonyl (C=O) groups excluding carboxylic acids is 1. The standard InChI is InChI=1S/C23H25ClF3N3O4S/c1-35(32,33)17-3-5-21(29-10-12-34-13-11-29)18(15-17)22(31)30-8-6-28(7-9-30)16-2-4-20(24)19(14-16)23(25,26)27/h2-5,14-15H,6-13H2,1H3. The second-order valence-electron chi connectivity index (χ2n) is 8.49. The van der Waals surface area contributed by atoms with Gasteiger partial charge in [0.25, 0.3) is 5.91 Å². The minimum absolute atomic E-state index is 0.0531. The lowest BCUT2D eigenvalue weighted by molar-refractivity contribution is -0.137. The van der Waals surface area contributed by atoms with Crippen LogP contribution in [0.15, 0.2) is 41.3 Å². The first kappa shape index (κ1) is 25.6. The number of halogens is 4. The van der Waals surface area contributed by atoms with Gasteiger partial charge < -0.3 is 19.4 Å². The van der Waals surface area contributed by atoms with Gasteiger partial charge in [-0.15, -0.1) is 0 Å². The van der Waals surface area contributed by atoms with E-state index in [9.17, 15) is 26.4 Å². The maximum atomic E-state index is 13.5. The molecule has 0 unspecified atom stereocenters. The number of morpholine rings is 1. The number of hydrogen-bond donors (Lipinski definition) is 0. The van der Waals surface area contributed by atoms with Gasteiger partial charge in [-0.2, -0.15) is 13.2 Å². The van der Waals surface area contributed by atoms with Crippen LogP contribution in [0, 0.1) is 0 Å². The molecule has 12 heteroatoms. The third-order valence-electron chi connectivity index (χ3n) is 6.17. The summed E-state index contributed by atoms with van der Waals surface area (Å²) in [4.78, 5) is 18.9. The van der Waals surface area contributed by atoms with Crippen LogP contribution >= 0.6 is 11.6 Å². The number of sulfone groups is 1. The molecule has 2 saturated heterocycles. The fourth-order valence-corrected chi connectivity index (χ4v) is 5.13. The van der Waals surface area contributed by atoms with E-state index in [0.717, 1.165) is 12.3 Å². The maximum Gasteiger partial charge on any atom is 0.417 e. The summed E-state index contributed by atoms with van der Waals surface area (Å²) in [7, 11) is -3.53. The van der Waals surface area contributed by atoms with Gasteiger partial charge in [0, 0.05) is 56.9 Å². The summed E-state index contributed by atoms with van der Waals surface area (Å²) < 4.78 is 69.4. The fraction of sp³-hybridized carbons (Fsp3) is 0.435. The normalized spacial score (nSPS) is 17.6. The zero-order valence-electron chi connectivity index (χ0n) is 19.0. The molecule has 2 heterocycles. The minimum atomic E-state index is -4.56. The number of anilines is 2. The van der Waals surface area contributed by atoms with Gasteiger partial charge in [-0.1, -0.05) is 11.6 Å². The zero-order chi connectivity index (χ0) is 25.4. The smallest absolute Gasteiger partial charge is 0.378 e. The molecule has 0 atom stereocenters. The average molecular weight is 532 g/mol. The highest BCUT2D eigenvalue weighted by Crippen LogP contribution is 2.37. The SMILES string of the molecule is CS(=O)(=O)c1ccc(N2CCOCC2)c(C(=O)N2CCN(c3ccc(Cl)c(C(F)(F)F)c3)CC2)c1. The van der Waals surface area contributed by atoms with Crippen LogP contribution in [0.5, 0.6) is 0 Å². The van der Waals surface area contributed by atoms with Crippen LogP contribution in [0.2, 0.25) is 5.02 Å². The Balaban J connectivity index is 1.55. The fourth-order valence-electron chi connectivity index (χ4n) is 4.26. The molecule has 1 amide bonds. The highest BCUT2D eigenvalue weighted by Gasteiger charge is 2.34. The molecule has 0 radical (unpaired) electrons. The lowest BCUT2D eigenvalue weighted by Gasteiger charge is -2.37. The van der Waals surface area contributed by atoms with E-state index in [1.54, 1.807) is 15.9 Å². The van der Waals surface area contributed by atoms with Crippen molar-refractivity contribution in [2.24, 2.45) is 0 Å². The van der Waals surface area contributed by atoms with Gasteiger partial charge in [-0.25, -0.2) is 8.42 Å². The first-order valence-electron chi connectivity index (χ1n) is 11.0. The van der Waals surface area contributed by atoms with Gasteiger partial charge in [-0.3, -0.25) is 4.79 Å². The molecule has 2 aromatic carbocycles. The van der Waals surface area contributed by atoms with Gasteiger partial charge >= 0.3 is 6.18 Å². The number of ether oxygens (including phenoxy) is 1. The lowest BCUT2D eigenvalue weighted by Crippen LogP contribution is -2.49. The quantitative estimate of drug-likeness (QED) is 0.601. The molecular weight excluding hydrogens is 507 g/mol. The number of rotatable bonds is 4. The largest absolute Gasteiger partial charge is 0.417 e. The van der Waals surface area contributed by atoms with Crippen LogP contribution in [0.4, 0.5) is 24.5 Å². The van der Waals surface area contributed by atoms with E-state index in [1.165, 1.54) is 24.3 Å². The molecule has 0 aromatic heterocycles. The van der Waals surface area contributed by atoms with Crippen molar-refractivity contribution in [1.29, 1.82) is 0 Å². The molecule has 4 rings (SSSR count). The Bertz CT molecular complexity index is 1210. The molecule has 0 bridgehead atoms. The van der Waals surface area contributed by atoms with Gasteiger partial charge in [0.05, 0.1) is 34.3 Å². The molecule has 0 N–H and O–H groups in total. The highest BCUT2D eigenvalue weighted by molar-refractivity contribution is 7.90. The lowest BCUT2D eigenvalue weighted by atomic mass is 10.1. The molecule has 2 aromatic rings. The molecule has 0 aliphatic carbocycles. The van der Waals surface area contributed by atoms with E-state index in [1.807, 2.05) is 4.90 Å². The Morgan fingerprint density at radius 1 is 0.943 bits per heavy atom. The summed E-state index contributed by atoms with van der Waals surface area (Å²) >= 11 is 5.73. The Hall–Kier alpha value is -2.50. The second kappa shape index (κ2) is 9.87. The van der Waals surface area contributed by atoms with E-state index >= 15 is 0 Å². The number of amides is 1.